The molecule has 0 radical (unpaired) electrons. The molecule has 2 aromatic heterocycles. The van der Waals surface area contributed by atoms with Crippen molar-refractivity contribution in [3.63, 3.8) is 0 Å². The zero-order chi connectivity index (χ0) is 83.1. The van der Waals surface area contributed by atoms with Gasteiger partial charge in [0.2, 0.25) is 23.6 Å². The fourth-order valence-corrected chi connectivity index (χ4v) is 17.1. The second kappa shape index (κ2) is 41.4. The fraction of sp³-hybridized carbons (Fsp3) is 0.557. The van der Waals surface area contributed by atoms with Crippen molar-refractivity contribution in [2.24, 2.45) is 11.8 Å². The van der Waals surface area contributed by atoms with Crippen molar-refractivity contribution in [3.05, 3.63) is 121 Å². The molecule has 115 heavy (non-hydrogen) atoms. The summed E-state index contributed by atoms with van der Waals surface area (Å²) in [7, 11) is -8.79. The number of hydrogen-bond acceptors (Lipinski definition) is 23. The zero-order valence-corrected chi connectivity index (χ0v) is 68.0. The van der Waals surface area contributed by atoms with E-state index in [1.165, 1.54) is 47.6 Å². The highest BCUT2D eigenvalue weighted by Crippen LogP contribution is 2.47. The summed E-state index contributed by atoms with van der Waals surface area (Å²) in [6, 6.07) is 15.0. The lowest BCUT2D eigenvalue weighted by Gasteiger charge is -2.29. The van der Waals surface area contributed by atoms with Gasteiger partial charge < -0.3 is 71.1 Å². The van der Waals surface area contributed by atoms with Gasteiger partial charge in [-0.3, -0.25) is 24.1 Å². The molecule has 4 saturated carbocycles. The molecule has 10 rings (SSSR count). The van der Waals surface area contributed by atoms with E-state index in [1.807, 2.05) is 0 Å². The summed E-state index contributed by atoms with van der Waals surface area (Å²) in [6.45, 7) is 13.8. The number of carboxylic acids is 2. The number of carbonyl (C=O) groups is 9. The van der Waals surface area contributed by atoms with Crippen LogP contribution in [-0.2, 0) is 63.0 Å². The lowest BCUT2D eigenvalue weighted by atomic mass is 10.1. The number of carboxylic acid groups (broad SMARTS) is 2. The van der Waals surface area contributed by atoms with Crippen molar-refractivity contribution in [1.29, 1.82) is 0 Å². The highest BCUT2D eigenvalue weighted by Gasteiger charge is 2.63. The van der Waals surface area contributed by atoms with E-state index >= 15 is 0 Å². The first kappa shape index (κ1) is 89.4. The molecule has 628 valence electrons. The molecule has 36 heteroatoms. The van der Waals surface area contributed by atoms with Crippen molar-refractivity contribution >= 4 is 108 Å². The van der Waals surface area contributed by atoms with Gasteiger partial charge in [-0.05, 0) is 147 Å². The first-order chi connectivity index (χ1) is 54.8. The molecule has 2 saturated heterocycles. The van der Waals surface area contributed by atoms with Gasteiger partial charge in [0.05, 0.1) is 34.0 Å². The summed E-state index contributed by atoms with van der Waals surface area (Å²) in [5, 5.41) is 39.8. The molecule has 7 amide bonds. The van der Waals surface area contributed by atoms with Crippen molar-refractivity contribution in [3.8, 4) is 11.8 Å². The lowest BCUT2D eigenvalue weighted by molar-refractivity contribution is -0.140. The third-order valence-corrected chi connectivity index (χ3v) is 24.0. The molecular formula is C79H106Cl2N12O20S2. The van der Waals surface area contributed by atoms with Crippen LogP contribution >= 0.6 is 23.2 Å². The first-order valence-electron chi connectivity index (χ1n) is 39.2. The Morgan fingerprint density at radius 3 is 1.43 bits per heavy atom. The summed E-state index contributed by atoms with van der Waals surface area (Å²) in [5.74, 6) is -5.61. The van der Waals surface area contributed by atoms with Crippen LogP contribution in [0.25, 0.3) is 0 Å². The molecule has 2 aromatic carbocycles. The number of amides is 7. The Labute approximate surface area is 680 Å². The maximum Gasteiger partial charge on any atom is 0.411 e. The molecule has 4 heterocycles. The summed E-state index contributed by atoms with van der Waals surface area (Å²) in [4.78, 5) is 125. The van der Waals surface area contributed by atoms with Crippen LogP contribution in [0.2, 0.25) is 10.0 Å². The monoisotopic (exact) mass is 1680 g/mol. The number of nitrogens with zero attached hydrogens (tertiary/aromatic N) is 3. The number of rotatable bonds is 40. The third kappa shape index (κ3) is 26.2. The van der Waals surface area contributed by atoms with E-state index < -0.39 is 133 Å². The number of sulfonamides is 2. The first-order valence-corrected chi connectivity index (χ1v) is 42.9. The Morgan fingerprint density at radius 1 is 0.583 bits per heavy atom. The number of aromatic nitrogens is 2. The standard InChI is InChI=1S/C42H57ClN6O11S.C37H49ClN6O9S/c1-5-27-24-42(27,47-36(50)33-23-30(58-35-21-20-28(43)25-45-35)26-49(33)40(55)60-41(2,3)4)38(53)48-61(56,57)34-19-13-12-17-31(34)44-22-14-8-6-7-9-18-32(37(51)52)46-39(54)59-29-15-10-11-16-29;1-2-24-21-37(24,43-33(45)30-20-27(23-40-30)52-32-18-17-25(38)22-41-32)35(48)44-54(50,51)31-16-10-9-14-28(31)39-19-11-5-3-4-6-15-29(34(46)47)42-36(49)53-26-12-7-8-13-26/h5,12-13,17,19-21,25,27,29-30,32-33,44H,1,6-11,14-16,18,22-24,26H2,2-4H3,(H,46,54)(H,47,50)(H,48,53)(H,51,52);2,9-10,14,16-18,22,24,26-27,29-30,39-40H,1,3-8,11-13,15,19-21,23H2,(H,42,49)(H,43,45)(H,44,48)(H,46,47)/t27-,30-,32+,33+,42-;24-,27-,29+,30+,37-/m11/s1. The van der Waals surface area contributed by atoms with Crippen molar-refractivity contribution < 1.29 is 93.9 Å². The topological polar surface area (TPSA) is 446 Å². The van der Waals surface area contributed by atoms with Crippen molar-refractivity contribution in [2.45, 2.75) is 250 Å². The van der Waals surface area contributed by atoms with E-state index in [2.05, 4.69) is 69.8 Å². The number of carbonyl (C=O) groups excluding carboxylic acids is 7. The quantitative estimate of drug-likeness (QED) is 0.0112. The van der Waals surface area contributed by atoms with Crippen LogP contribution in [0, 0.1) is 11.8 Å². The summed E-state index contributed by atoms with van der Waals surface area (Å²) in [5.41, 5.74) is -3.39. The molecule has 4 aromatic rings. The average molecular weight is 1680 g/mol. The second-order valence-electron chi connectivity index (χ2n) is 30.7. The summed E-state index contributed by atoms with van der Waals surface area (Å²) >= 11 is 11.8. The number of alkyl carbamates (subject to hydrolysis) is 2. The number of anilines is 2. The van der Waals surface area contributed by atoms with E-state index in [9.17, 15) is 70.2 Å². The predicted molar refractivity (Wildman–Crippen MR) is 426 cm³/mol. The summed E-state index contributed by atoms with van der Waals surface area (Å²) in [6.07, 6.45) is 18.0. The van der Waals surface area contributed by atoms with Crippen LogP contribution in [0.5, 0.6) is 11.8 Å². The number of ether oxygens (including phenoxy) is 5. The predicted octanol–water partition coefficient (Wildman–Crippen LogP) is 10.2. The number of hydrogen-bond donors (Lipinski definition) is 11. The van der Waals surface area contributed by atoms with Crippen molar-refractivity contribution in [2.75, 3.05) is 36.8 Å². The van der Waals surface area contributed by atoms with Gasteiger partial charge in [-0.2, -0.15) is 0 Å². The second-order valence-corrected chi connectivity index (χ2v) is 34.9. The van der Waals surface area contributed by atoms with Gasteiger partial charge in [0.25, 0.3) is 31.9 Å². The van der Waals surface area contributed by atoms with Crippen LogP contribution in [0.1, 0.15) is 175 Å². The average Bonchev–Trinajstić information content (AvgIpc) is 1.58. The van der Waals surface area contributed by atoms with E-state index in [4.69, 9.17) is 46.9 Å². The number of para-hydroxylation sites is 2. The van der Waals surface area contributed by atoms with Gasteiger partial charge in [0, 0.05) is 68.8 Å². The molecule has 0 bridgehead atoms. The molecule has 2 aliphatic heterocycles. The molecule has 4 aliphatic carbocycles. The molecular weight excluding hydrogens is 1570 g/mol. The number of halogens is 2. The van der Waals surface area contributed by atoms with Crippen LogP contribution in [0.4, 0.5) is 25.8 Å². The molecule has 11 N–H and O–H groups in total. The Kier molecular flexibility index (Phi) is 32.2. The van der Waals surface area contributed by atoms with Gasteiger partial charge in [0.15, 0.2) is 0 Å². The minimum absolute atomic E-state index is 0.0237. The van der Waals surface area contributed by atoms with Crippen LogP contribution < -0.4 is 56.1 Å². The number of nitrogens with one attached hydrogen (secondary N) is 9. The molecule has 0 unspecified atom stereocenters. The van der Waals surface area contributed by atoms with Gasteiger partial charge >= 0.3 is 30.2 Å². The van der Waals surface area contributed by atoms with Crippen molar-refractivity contribution in [1.82, 2.24) is 50.9 Å². The van der Waals surface area contributed by atoms with Crippen LogP contribution in [-0.4, -0.2) is 187 Å². The number of unbranched alkanes of at least 4 members (excludes halogenated alkanes) is 8. The van der Waals surface area contributed by atoms with E-state index in [0.29, 0.717) is 79.8 Å². The fourth-order valence-electron chi connectivity index (χ4n) is 14.4. The van der Waals surface area contributed by atoms with Gasteiger partial charge in [-0.1, -0.05) is 111 Å². The maximum absolute atomic E-state index is 14.0. The Hall–Kier alpha value is -9.51. The Morgan fingerprint density at radius 2 is 1.01 bits per heavy atom. The minimum atomic E-state index is -4.45. The zero-order valence-electron chi connectivity index (χ0n) is 64.9. The molecule has 6 aliphatic rings. The molecule has 0 spiro atoms. The number of benzene rings is 2. The van der Waals surface area contributed by atoms with Gasteiger partial charge in [0.1, 0.15) is 69.0 Å². The minimum Gasteiger partial charge on any atom is -0.480 e. The summed E-state index contributed by atoms with van der Waals surface area (Å²) < 4.78 is 87.0. The Bertz CT molecular complexity index is 4300. The number of pyridine rings is 2. The normalized spacial score (nSPS) is 22.3. The number of aliphatic carboxylic acids is 2. The smallest absolute Gasteiger partial charge is 0.411 e. The third-order valence-electron chi connectivity index (χ3n) is 20.8. The highest BCUT2D eigenvalue weighted by molar-refractivity contribution is 7.90. The van der Waals surface area contributed by atoms with Gasteiger partial charge in [-0.15, -0.1) is 13.2 Å². The largest absolute Gasteiger partial charge is 0.480 e. The molecule has 32 nitrogen and oxygen atoms in total. The lowest BCUT2D eigenvalue weighted by Crippen LogP contribution is -2.56. The van der Waals surface area contributed by atoms with E-state index in [0.717, 1.165) is 89.9 Å². The highest BCUT2D eigenvalue weighted by atomic mass is 35.5. The van der Waals surface area contributed by atoms with E-state index in [1.54, 1.807) is 75.4 Å². The Balaban J connectivity index is 0.000000265. The number of likely N-dealkylation sites (tertiary alicyclic amines) is 1. The maximum atomic E-state index is 14.0. The SMILES string of the molecule is C=C[C@@H]1C[C@]1(NC(=O)[C@@H]1C[C@@H](Oc2ccc(Cl)cn2)CN1)C(=O)NS(=O)(=O)c1ccccc1NCCCCCCC[C@H](NC(=O)OC1CCCC1)C(=O)O.C=C[C@@H]1C[C@]1(NC(=O)[C@@H]1C[C@@H](Oc2ccc(Cl)cn2)CN1C(=O)OC(C)(C)C)C(=O)NS(=O)(=O)c1ccccc1NCCCCCCC[C@H](NC(=O)OC1CCCC1)C(=O)O. The van der Waals surface area contributed by atoms with Gasteiger partial charge in [-0.25, -0.2) is 60.2 Å². The molecule has 6 fully saturated rings. The molecule has 10 atom stereocenters. The van der Waals surface area contributed by atoms with E-state index in [-0.39, 0.29) is 71.9 Å². The van der Waals surface area contributed by atoms with Crippen LogP contribution in [0.15, 0.2) is 120 Å². The van der Waals surface area contributed by atoms with Crippen LogP contribution in [0.3, 0.4) is 0 Å².